The van der Waals surface area contributed by atoms with Crippen LogP contribution >= 0.6 is 0 Å². The smallest absolute Gasteiger partial charge is 0.0382 e. The second-order valence-corrected chi connectivity index (χ2v) is 23.4. The van der Waals surface area contributed by atoms with E-state index in [0.29, 0.717) is 0 Å². The van der Waals surface area contributed by atoms with Crippen LogP contribution in [0.25, 0.3) is 0 Å². The van der Waals surface area contributed by atoms with Crippen LogP contribution in [-0.4, -0.2) is 27.4 Å². The molecule has 0 bridgehead atoms. The third-order valence-corrected chi connectivity index (χ3v) is 7.46. The molecule has 0 aliphatic heterocycles. The van der Waals surface area contributed by atoms with E-state index < -0.39 is 0 Å². The maximum absolute atomic E-state index is 2.33. The molecule has 0 fully saturated rings. The summed E-state index contributed by atoms with van der Waals surface area (Å²) in [5.41, 5.74) is 1.39. The fourth-order valence-electron chi connectivity index (χ4n) is 0.951. The average molecular weight is 182 g/mol. The zero-order valence-corrected chi connectivity index (χ0v) is 12.0. The number of hydrogen-bond acceptors (Lipinski definition) is 0. The normalized spacial score (nSPS) is 13.7. The van der Waals surface area contributed by atoms with E-state index >= 15 is 0 Å². The Hall–Kier alpha value is -0.129. The van der Waals surface area contributed by atoms with Crippen LogP contribution in [-0.2, 0) is 0 Å². The number of benzene rings is 1. The monoisotopic (exact) mass is 182 g/mol. The van der Waals surface area contributed by atoms with Crippen LogP contribution in [0.3, 0.4) is 0 Å². The summed E-state index contributed by atoms with van der Waals surface area (Å²) in [7, 11) is 2.64. The summed E-state index contributed by atoms with van der Waals surface area (Å²) in [6.07, 6.45) is 0. The summed E-state index contributed by atoms with van der Waals surface area (Å²) in [5.74, 6) is 0. The highest BCUT2D eigenvalue weighted by Gasteiger charge is 1.97. The van der Waals surface area contributed by atoms with E-state index in [-0.39, 0.29) is 7.83 Å². The zero-order valence-electron chi connectivity index (χ0n) is 6.89. The highest BCUT2D eigenvalue weighted by atomic mass is 29.5. The molecule has 0 aliphatic carbocycles. The topological polar surface area (TPSA) is 0 Å². The molecule has 1 rings (SSSR count). The van der Waals surface area contributed by atoms with Gasteiger partial charge < -0.3 is 0 Å². The molecule has 0 unspecified atom stereocenters. The third-order valence-electron chi connectivity index (χ3n) is 1.74. The maximum Gasteiger partial charge on any atom is 0.0382 e. The van der Waals surface area contributed by atoms with E-state index in [4.69, 9.17) is 0 Å². The summed E-state index contributed by atoms with van der Waals surface area (Å²) in [6.45, 7) is 2.15. The molecule has 10 heavy (non-hydrogen) atoms. The van der Waals surface area contributed by atoms with Crippen molar-refractivity contribution in [3.8, 4) is 0 Å². The Morgan fingerprint density at radius 1 is 1.10 bits per heavy atom. The van der Waals surface area contributed by atoms with Crippen molar-refractivity contribution in [2.45, 2.75) is 6.92 Å². The van der Waals surface area contributed by atoms with Crippen molar-refractivity contribution in [3.05, 3.63) is 29.8 Å². The Balaban J connectivity index is 2.89. The van der Waals surface area contributed by atoms with Crippen molar-refractivity contribution in [3.63, 3.8) is 0 Å². The molecular formula is C7H14Si3. The minimum Gasteiger partial charge on any atom is -0.0702 e. The maximum atomic E-state index is 2.33. The van der Waals surface area contributed by atoms with Crippen molar-refractivity contribution in [1.29, 1.82) is 0 Å². The van der Waals surface area contributed by atoms with Crippen LogP contribution in [0.2, 0.25) is 0 Å². The predicted octanol–water partition coefficient (Wildman–Crippen LogP) is -1.85. The highest BCUT2D eigenvalue weighted by Crippen LogP contribution is 1.92. The molecule has 0 amide bonds. The standard InChI is InChI=1S/C7H14Si3/c1-6-2-4-7(5-3-6)10(8)9/h2-5,10H,1,8-9H3. The van der Waals surface area contributed by atoms with Gasteiger partial charge in [-0.1, -0.05) is 35.0 Å². The molecule has 0 aliphatic rings. The average Bonchev–Trinajstić information content (AvgIpc) is 1.88. The zero-order chi connectivity index (χ0) is 7.56. The summed E-state index contributed by atoms with van der Waals surface area (Å²) in [5, 5.41) is 1.68. The van der Waals surface area contributed by atoms with Gasteiger partial charge in [-0.15, -0.1) is 0 Å². The summed E-state index contributed by atoms with van der Waals surface area (Å²) in [4.78, 5) is 0. The minimum absolute atomic E-state index is 0.272. The van der Waals surface area contributed by atoms with Crippen molar-refractivity contribution in [1.82, 2.24) is 0 Å². The van der Waals surface area contributed by atoms with Gasteiger partial charge in [0.25, 0.3) is 0 Å². The molecule has 0 saturated carbocycles. The molecule has 1 aromatic carbocycles. The molecule has 0 spiro atoms. The second-order valence-electron chi connectivity index (χ2n) is 3.07. The summed E-state index contributed by atoms with van der Waals surface area (Å²) < 4.78 is 0. The van der Waals surface area contributed by atoms with Crippen molar-refractivity contribution < 1.29 is 0 Å². The molecule has 54 valence electrons. The van der Waals surface area contributed by atoms with Gasteiger partial charge in [-0.3, -0.25) is 0 Å². The van der Waals surface area contributed by atoms with E-state index in [1.54, 1.807) is 5.19 Å². The van der Waals surface area contributed by atoms with E-state index in [1.807, 2.05) is 0 Å². The first-order valence-corrected chi connectivity index (χ1v) is 13.6. The summed E-state index contributed by atoms with van der Waals surface area (Å²) >= 11 is 0. The molecule has 3 heteroatoms. The molecule has 0 N–H and O–H groups in total. The van der Waals surface area contributed by atoms with E-state index in [2.05, 4.69) is 31.2 Å². The predicted molar refractivity (Wildman–Crippen MR) is 57.8 cm³/mol. The van der Waals surface area contributed by atoms with Crippen LogP contribution in [0.15, 0.2) is 24.3 Å². The van der Waals surface area contributed by atoms with Gasteiger partial charge in [-0.05, 0) is 26.4 Å². The largest absolute Gasteiger partial charge is 0.0702 e. The third kappa shape index (κ3) is 1.93. The number of hydrogen-bond donors (Lipinski definition) is 0. The molecule has 0 aromatic heterocycles. The van der Waals surface area contributed by atoms with Crippen LogP contribution in [0.1, 0.15) is 5.56 Å². The van der Waals surface area contributed by atoms with Gasteiger partial charge in [0.05, 0.1) is 0 Å². The van der Waals surface area contributed by atoms with E-state index in [9.17, 15) is 0 Å². The van der Waals surface area contributed by atoms with Gasteiger partial charge in [-0.25, -0.2) is 0 Å². The van der Waals surface area contributed by atoms with Crippen LogP contribution in [0.5, 0.6) is 0 Å². The molecule has 0 radical (unpaired) electrons. The number of rotatable bonds is 1. The molecule has 0 atom stereocenters. The highest BCUT2D eigenvalue weighted by molar-refractivity contribution is 7.35. The van der Waals surface area contributed by atoms with Gasteiger partial charge in [0.15, 0.2) is 0 Å². The van der Waals surface area contributed by atoms with Crippen LogP contribution < -0.4 is 5.19 Å². The first-order valence-electron chi connectivity index (χ1n) is 3.76. The Kier molecular flexibility index (Phi) is 2.64. The fraction of sp³-hybridized carbons (Fsp3) is 0.143. The van der Waals surface area contributed by atoms with E-state index in [0.717, 1.165) is 0 Å². The Morgan fingerprint density at radius 2 is 1.60 bits per heavy atom. The quantitative estimate of drug-likeness (QED) is 0.448. The van der Waals surface area contributed by atoms with Gasteiger partial charge in [-0.2, -0.15) is 0 Å². The van der Waals surface area contributed by atoms with E-state index in [1.165, 1.54) is 25.1 Å². The second kappa shape index (κ2) is 3.32. The Bertz CT molecular complexity index is 203. The Labute approximate surface area is 69.7 Å². The molecule has 0 heterocycles. The fourth-order valence-corrected chi connectivity index (χ4v) is 4.22. The van der Waals surface area contributed by atoms with Crippen LogP contribution in [0.4, 0.5) is 0 Å². The van der Waals surface area contributed by atoms with Gasteiger partial charge >= 0.3 is 0 Å². The number of aryl methyl sites for hydroxylation is 1. The first-order chi connectivity index (χ1) is 4.70. The lowest BCUT2D eigenvalue weighted by Crippen LogP contribution is -2.31. The molecule has 0 saturated heterocycles. The van der Waals surface area contributed by atoms with Crippen molar-refractivity contribution in [2.75, 3.05) is 0 Å². The summed E-state index contributed by atoms with van der Waals surface area (Å²) in [6, 6.07) is 9.13. The Morgan fingerprint density at radius 3 is 2.00 bits per heavy atom. The van der Waals surface area contributed by atoms with Crippen LogP contribution in [0, 0.1) is 6.92 Å². The molecular weight excluding hydrogens is 168 g/mol. The van der Waals surface area contributed by atoms with Crippen molar-refractivity contribution >= 4 is 32.5 Å². The van der Waals surface area contributed by atoms with Gasteiger partial charge in [0.2, 0.25) is 0 Å². The first kappa shape index (κ1) is 7.97. The SMILES string of the molecule is Cc1ccc([SiH]([SiH3])[SiH3])cc1. The lowest BCUT2D eigenvalue weighted by molar-refractivity contribution is 1.49. The molecule has 1 aromatic rings. The van der Waals surface area contributed by atoms with Gasteiger partial charge in [0.1, 0.15) is 0 Å². The lowest BCUT2D eigenvalue weighted by Gasteiger charge is -2.02. The van der Waals surface area contributed by atoms with Crippen molar-refractivity contribution in [2.24, 2.45) is 0 Å². The minimum atomic E-state index is -0.272. The molecule has 0 nitrogen and oxygen atoms in total. The lowest BCUT2D eigenvalue weighted by atomic mass is 10.2. The van der Waals surface area contributed by atoms with Gasteiger partial charge in [0, 0.05) is 7.83 Å².